The summed E-state index contributed by atoms with van der Waals surface area (Å²) in [5.41, 5.74) is 0. The zero-order valence-corrected chi connectivity index (χ0v) is 11.3. The van der Waals surface area contributed by atoms with E-state index < -0.39 is 10.1 Å². The zero-order chi connectivity index (χ0) is 12.0. The maximum absolute atomic E-state index is 11.9. The lowest BCUT2D eigenvalue weighted by Gasteiger charge is -2.12. The van der Waals surface area contributed by atoms with Crippen LogP contribution in [0.3, 0.4) is 0 Å². The average molecular weight is 319 g/mol. The summed E-state index contributed by atoms with van der Waals surface area (Å²) < 4.78 is 35.2. The SMILES string of the molecule is O=S(=O)(OC1C[C@@H]2O[C@@H]2C1)c1ccc(Br)cc1. The summed E-state index contributed by atoms with van der Waals surface area (Å²) in [4.78, 5) is 0.196. The van der Waals surface area contributed by atoms with E-state index in [2.05, 4.69) is 15.9 Å². The number of halogens is 1. The summed E-state index contributed by atoms with van der Waals surface area (Å²) in [6.45, 7) is 0. The van der Waals surface area contributed by atoms with Gasteiger partial charge in [0.1, 0.15) is 0 Å². The van der Waals surface area contributed by atoms with Crippen LogP contribution in [0.4, 0.5) is 0 Å². The van der Waals surface area contributed by atoms with Crippen molar-refractivity contribution in [1.82, 2.24) is 0 Å². The van der Waals surface area contributed by atoms with Crippen molar-refractivity contribution >= 4 is 26.0 Å². The molecule has 0 bridgehead atoms. The Morgan fingerprint density at radius 3 is 2.35 bits per heavy atom. The van der Waals surface area contributed by atoms with Gasteiger partial charge < -0.3 is 4.74 Å². The molecule has 1 aromatic carbocycles. The molecule has 17 heavy (non-hydrogen) atoms. The maximum atomic E-state index is 11.9. The first kappa shape index (κ1) is 11.6. The van der Waals surface area contributed by atoms with Crippen LogP contribution in [0.1, 0.15) is 12.8 Å². The third-order valence-electron chi connectivity index (χ3n) is 3.04. The normalized spacial score (nSPS) is 31.2. The number of ether oxygens (including phenoxy) is 1. The third-order valence-corrected chi connectivity index (χ3v) is 4.95. The number of rotatable bonds is 3. The molecule has 1 unspecified atom stereocenters. The molecule has 1 aromatic rings. The van der Waals surface area contributed by atoms with E-state index in [0.717, 1.165) is 4.47 Å². The van der Waals surface area contributed by atoms with E-state index in [1.165, 1.54) is 12.1 Å². The monoisotopic (exact) mass is 318 g/mol. The molecule has 2 fully saturated rings. The van der Waals surface area contributed by atoms with E-state index in [0.29, 0.717) is 12.8 Å². The van der Waals surface area contributed by atoms with Crippen molar-refractivity contribution in [3.8, 4) is 0 Å². The Kier molecular flexibility index (Phi) is 2.77. The van der Waals surface area contributed by atoms with Gasteiger partial charge in [0.15, 0.2) is 0 Å². The lowest BCUT2D eigenvalue weighted by molar-refractivity contribution is 0.157. The van der Waals surface area contributed by atoms with E-state index in [-0.39, 0.29) is 23.2 Å². The smallest absolute Gasteiger partial charge is 0.297 e. The van der Waals surface area contributed by atoms with Gasteiger partial charge in [-0.3, -0.25) is 4.18 Å². The first-order chi connectivity index (χ1) is 8.04. The summed E-state index contributed by atoms with van der Waals surface area (Å²) in [6, 6.07) is 6.44. The number of fused-ring (bicyclic) bond motifs is 1. The highest BCUT2D eigenvalue weighted by Crippen LogP contribution is 2.40. The fourth-order valence-corrected chi connectivity index (χ4v) is 3.48. The van der Waals surface area contributed by atoms with Crippen LogP contribution in [0, 0.1) is 0 Å². The number of benzene rings is 1. The van der Waals surface area contributed by atoms with Gasteiger partial charge in [-0.05, 0) is 24.3 Å². The van der Waals surface area contributed by atoms with E-state index in [4.69, 9.17) is 8.92 Å². The predicted molar refractivity (Wildman–Crippen MR) is 64.1 cm³/mol. The highest BCUT2D eigenvalue weighted by Gasteiger charge is 2.49. The fraction of sp³-hybridized carbons (Fsp3) is 0.455. The second-order valence-electron chi connectivity index (χ2n) is 4.31. The Morgan fingerprint density at radius 2 is 1.76 bits per heavy atom. The van der Waals surface area contributed by atoms with Crippen LogP contribution in [0.2, 0.25) is 0 Å². The Hall–Kier alpha value is -0.430. The molecule has 1 saturated carbocycles. The van der Waals surface area contributed by atoms with Crippen LogP contribution < -0.4 is 0 Å². The zero-order valence-electron chi connectivity index (χ0n) is 8.87. The summed E-state index contributed by atoms with van der Waals surface area (Å²) in [7, 11) is -3.64. The van der Waals surface area contributed by atoms with Crippen LogP contribution >= 0.6 is 15.9 Å². The molecule has 4 nitrogen and oxygen atoms in total. The van der Waals surface area contributed by atoms with Gasteiger partial charge in [0, 0.05) is 17.3 Å². The van der Waals surface area contributed by atoms with Crippen molar-refractivity contribution in [3.63, 3.8) is 0 Å². The van der Waals surface area contributed by atoms with Gasteiger partial charge in [-0.1, -0.05) is 15.9 Å². The summed E-state index contributed by atoms with van der Waals surface area (Å²) >= 11 is 3.26. The standard InChI is InChI=1S/C11H11BrO4S/c12-7-1-3-9(4-2-7)17(13,14)16-8-5-10-11(6-8)15-10/h1-4,8,10-11H,5-6H2/t8?,10-,11+. The molecule has 1 heterocycles. The second kappa shape index (κ2) is 4.05. The molecule has 1 saturated heterocycles. The summed E-state index contributed by atoms with van der Waals surface area (Å²) in [5.74, 6) is 0. The van der Waals surface area contributed by atoms with Crippen molar-refractivity contribution in [2.24, 2.45) is 0 Å². The minimum atomic E-state index is -3.64. The van der Waals surface area contributed by atoms with Gasteiger partial charge in [0.2, 0.25) is 0 Å². The molecule has 92 valence electrons. The molecule has 0 N–H and O–H groups in total. The summed E-state index contributed by atoms with van der Waals surface area (Å²) in [6.07, 6.45) is 1.58. The quantitative estimate of drug-likeness (QED) is 0.632. The molecule has 0 radical (unpaired) electrons. The number of hydrogen-bond donors (Lipinski definition) is 0. The predicted octanol–water partition coefficient (Wildman–Crippen LogP) is 2.08. The van der Waals surface area contributed by atoms with Gasteiger partial charge in [0.25, 0.3) is 10.1 Å². The Morgan fingerprint density at radius 1 is 1.18 bits per heavy atom. The Bertz CT molecular complexity index is 515. The molecule has 3 atom stereocenters. The van der Waals surface area contributed by atoms with E-state index >= 15 is 0 Å². The van der Waals surface area contributed by atoms with Crippen LogP contribution in [0.25, 0.3) is 0 Å². The molecule has 6 heteroatoms. The second-order valence-corrected chi connectivity index (χ2v) is 6.80. The molecular formula is C11H11BrO4S. The van der Waals surface area contributed by atoms with Crippen LogP contribution in [-0.4, -0.2) is 26.7 Å². The average Bonchev–Trinajstić information content (AvgIpc) is 2.86. The maximum Gasteiger partial charge on any atom is 0.297 e. The van der Waals surface area contributed by atoms with Crippen molar-refractivity contribution in [2.75, 3.05) is 0 Å². The Labute approximate surface area is 108 Å². The van der Waals surface area contributed by atoms with Crippen molar-refractivity contribution in [1.29, 1.82) is 0 Å². The van der Waals surface area contributed by atoms with Gasteiger partial charge in [-0.25, -0.2) is 0 Å². The molecule has 0 amide bonds. The van der Waals surface area contributed by atoms with Crippen LogP contribution in [0.5, 0.6) is 0 Å². The highest BCUT2D eigenvalue weighted by molar-refractivity contribution is 9.10. The van der Waals surface area contributed by atoms with Gasteiger partial charge in [-0.2, -0.15) is 8.42 Å². The molecule has 1 aliphatic heterocycles. The van der Waals surface area contributed by atoms with Crippen LogP contribution in [0.15, 0.2) is 33.6 Å². The molecule has 2 aliphatic rings. The first-order valence-corrected chi connectivity index (χ1v) is 7.59. The number of hydrogen-bond acceptors (Lipinski definition) is 4. The first-order valence-electron chi connectivity index (χ1n) is 5.39. The largest absolute Gasteiger partial charge is 0.369 e. The molecule has 1 aliphatic carbocycles. The molecule has 0 spiro atoms. The molecule has 0 aromatic heterocycles. The third kappa shape index (κ3) is 2.40. The minimum absolute atomic E-state index is 0.196. The van der Waals surface area contributed by atoms with Crippen molar-refractivity contribution in [2.45, 2.75) is 36.0 Å². The minimum Gasteiger partial charge on any atom is -0.369 e. The van der Waals surface area contributed by atoms with E-state index in [1.807, 2.05) is 0 Å². The van der Waals surface area contributed by atoms with Crippen molar-refractivity contribution in [3.05, 3.63) is 28.7 Å². The van der Waals surface area contributed by atoms with Gasteiger partial charge >= 0.3 is 0 Å². The topological polar surface area (TPSA) is 55.9 Å². The number of epoxide rings is 1. The summed E-state index contributed by atoms with van der Waals surface area (Å²) in [5, 5.41) is 0. The lowest BCUT2D eigenvalue weighted by atomic mass is 10.3. The van der Waals surface area contributed by atoms with Crippen LogP contribution in [-0.2, 0) is 19.0 Å². The molecular weight excluding hydrogens is 308 g/mol. The highest BCUT2D eigenvalue weighted by atomic mass is 79.9. The lowest BCUT2D eigenvalue weighted by Crippen LogP contribution is -2.17. The Balaban J connectivity index is 1.74. The molecule has 3 rings (SSSR count). The van der Waals surface area contributed by atoms with Gasteiger partial charge in [0.05, 0.1) is 23.2 Å². The van der Waals surface area contributed by atoms with E-state index in [9.17, 15) is 8.42 Å². The van der Waals surface area contributed by atoms with E-state index in [1.54, 1.807) is 12.1 Å². The fourth-order valence-electron chi connectivity index (χ4n) is 2.12. The van der Waals surface area contributed by atoms with Crippen molar-refractivity contribution < 1.29 is 17.3 Å². The van der Waals surface area contributed by atoms with Gasteiger partial charge in [-0.15, -0.1) is 0 Å².